The molecule has 0 fully saturated rings. The third kappa shape index (κ3) is 2.21. The van der Waals surface area contributed by atoms with Crippen molar-refractivity contribution in [1.82, 2.24) is 0 Å². The monoisotopic (exact) mass is 290 g/mol. The molecule has 0 atom stereocenters. The Balaban J connectivity index is 3.22. The van der Waals surface area contributed by atoms with Gasteiger partial charge in [0.2, 0.25) is 0 Å². The molecular formula is C10H11IO2. The van der Waals surface area contributed by atoms with Crippen LogP contribution in [0.4, 0.5) is 0 Å². The number of benzene rings is 1. The Labute approximate surface area is 91.4 Å². The summed E-state index contributed by atoms with van der Waals surface area (Å²) in [6.45, 7) is 1.92. The Hall–Kier alpha value is -0.580. The van der Waals surface area contributed by atoms with Gasteiger partial charge < -0.3 is 4.74 Å². The minimum atomic E-state index is -0.246. The van der Waals surface area contributed by atoms with Gasteiger partial charge in [-0.15, -0.1) is 0 Å². The molecule has 0 saturated heterocycles. The molecule has 1 aromatic rings. The second-order valence-corrected chi connectivity index (χ2v) is 3.50. The fourth-order valence-electron chi connectivity index (χ4n) is 1.23. The molecule has 0 aliphatic rings. The highest BCUT2D eigenvalue weighted by Crippen LogP contribution is 2.17. The Bertz CT molecular complexity index is 321. The van der Waals surface area contributed by atoms with Crippen LogP contribution in [0.5, 0.6) is 0 Å². The first-order chi connectivity index (χ1) is 6.20. The van der Waals surface area contributed by atoms with Gasteiger partial charge in [-0.2, -0.15) is 0 Å². The maximum atomic E-state index is 11.4. The third-order valence-electron chi connectivity index (χ3n) is 1.89. The smallest absolute Gasteiger partial charge is 0.338 e. The number of esters is 1. The van der Waals surface area contributed by atoms with E-state index in [2.05, 4.69) is 22.6 Å². The van der Waals surface area contributed by atoms with E-state index in [1.807, 2.05) is 25.1 Å². The second-order valence-electron chi connectivity index (χ2n) is 2.73. The summed E-state index contributed by atoms with van der Waals surface area (Å²) in [6.07, 6.45) is 0. The summed E-state index contributed by atoms with van der Waals surface area (Å²) in [7, 11) is 1.41. The van der Waals surface area contributed by atoms with E-state index in [-0.39, 0.29) is 5.97 Å². The SMILES string of the molecule is COC(=O)c1c(C)cccc1CI. The minimum absolute atomic E-state index is 0.246. The molecule has 13 heavy (non-hydrogen) atoms. The van der Waals surface area contributed by atoms with E-state index in [1.54, 1.807) is 0 Å². The van der Waals surface area contributed by atoms with Crippen molar-refractivity contribution in [1.29, 1.82) is 0 Å². The second kappa shape index (κ2) is 4.60. The van der Waals surface area contributed by atoms with Crippen LogP contribution in [0.1, 0.15) is 21.5 Å². The van der Waals surface area contributed by atoms with E-state index in [0.717, 1.165) is 15.6 Å². The molecule has 1 aromatic carbocycles. The quantitative estimate of drug-likeness (QED) is 0.475. The van der Waals surface area contributed by atoms with Gasteiger partial charge in [-0.25, -0.2) is 4.79 Å². The number of hydrogen-bond acceptors (Lipinski definition) is 2. The first-order valence-electron chi connectivity index (χ1n) is 3.93. The molecule has 0 bridgehead atoms. The molecule has 0 N–H and O–H groups in total. The first-order valence-corrected chi connectivity index (χ1v) is 5.46. The summed E-state index contributed by atoms with van der Waals surface area (Å²) in [5.74, 6) is -0.246. The highest BCUT2D eigenvalue weighted by Gasteiger charge is 2.12. The standard InChI is InChI=1S/C10H11IO2/c1-7-4-3-5-8(6-11)9(7)10(12)13-2/h3-5H,6H2,1-2H3. The molecule has 3 heteroatoms. The van der Waals surface area contributed by atoms with E-state index >= 15 is 0 Å². The van der Waals surface area contributed by atoms with Crippen molar-refractivity contribution in [3.05, 3.63) is 34.9 Å². The van der Waals surface area contributed by atoms with Crippen LogP contribution in [0.15, 0.2) is 18.2 Å². The number of carbonyl (C=O) groups excluding carboxylic acids is 1. The predicted molar refractivity (Wildman–Crippen MR) is 60.2 cm³/mol. The highest BCUT2D eigenvalue weighted by atomic mass is 127. The number of alkyl halides is 1. The van der Waals surface area contributed by atoms with Gasteiger partial charge in [0.1, 0.15) is 0 Å². The summed E-state index contributed by atoms with van der Waals surface area (Å²) >= 11 is 2.24. The lowest BCUT2D eigenvalue weighted by molar-refractivity contribution is 0.0599. The van der Waals surface area contributed by atoms with Crippen molar-refractivity contribution < 1.29 is 9.53 Å². The van der Waals surface area contributed by atoms with Gasteiger partial charge in [-0.1, -0.05) is 40.8 Å². The molecule has 0 aromatic heterocycles. The minimum Gasteiger partial charge on any atom is -0.465 e. The number of carbonyl (C=O) groups is 1. The zero-order valence-corrected chi connectivity index (χ0v) is 9.79. The van der Waals surface area contributed by atoms with Gasteiger partial charge >= 0.3 is 5.97 Å². The molecule has 0 spiro atoms. The van der Waals surface area contributed by atoms with Gasteiger partial charge in [0.05, 0.1) is 12.7 Å². The molecule has 0 amide bonds. The van der Waals surface area contributed by atoms with Crippen molar-refractivity contribution in [3.63, 3.8) is 0 Å². The predicted octanol–water partition coefficient (Wildman–Crippen LogP) is 2.72. The molecule has 0 radical (unpaired) electrons. The molecule has 0 aliphatic heterocycles. The van der Waals surface area contributed by atoms with Gasteiger partial charge in [-0.3, -0.25) is 0 Å². The summed E-state index contributed by atoms with van der Waals surface area (Å²) in [6, 6.07) is 5.82. The fourth-order valence-corrected chi connectivity index (χ4v) is 1.87. The average Bonchev–Trinajstić information content (AvgIpc) is 2.16. The van der Waals surface area contributed by atoms with E-state index in [0.29, 0.717) is 5.56 Å². The summed E-state index contributed by atoms with van der Waals surface area (Å²) in [5, 5.41) is 0. The normalized spacial score (nSPS) is 9.77. The lowest BCUT2D eigenvalue weighted by Crippen LogP contribution is -2.07. The van der Waals surface area contributed by atoms with Crippen LogP contribution >= 0.6 is 22.6 Å². The van der Waals surface area contributed by atoms with E-state index in [9.17, 15) is 4.79 Å². The van der Waals surface area contributed by atoms with Crippen molar-refractivity contribution in [2.45, 2.75) is 11.4 Å². The van der Waals surface area contributed by atoms with Gasteiger partial charge in [0.25, 0.3) is 0 Å². The van der Waals surface area contributed by atoms with Crippen LogP contribution in [0.2, 0.25) is 0 Å². The molecular weight excluding hydrogens is 279 g/mol. The van der Waals surface area contributed by atoms with Crippen molar-refractivity contribution in [3.8, 4) is 0 Å². The highest BCUT2D eigenvalue weighted by molar-refractivity contribution is 14.1. The first kappa shape index (κ1) is 10.5. The Morgan fingerprint density at radius 2 is 2.23 bits per heavy atom. The van der Waals surface area contributed by atoms with Crippen molar-refractivity contribution >= 4 is 28.6 Å². The van der Waals surface area contributed by atoms with Crippen LogP contribution in [0.25, 0.3) is 0 Å². The van der Waals surface area contributed by atoms with Crippen LogP contribution < -0.4 is 0 Å². The molecule has 70 valence electrons. The zero-order valence-electron chi connectivity index (χ0n) is 7.63. The summed E-state index contributed by atoms with van der Waals surface area (Å²) in [5.41, 5.74) is 2.72. The van der Waals surface area contributed by atoms with Crippen molar-refractivity contribution in [2.75, 3.05) is 7.11 Å². The lowest BCUT2D eigenvalue weighted by Gasteiger charge is -2.07. The molecule has 0 saturated carbocycles. The molecule has 0 aliphatic carbocycles. The van der Waals surface area contributed by atoms with Gasteiger partial charge in [0.15, 0.2) is 0 Å². The summed E-state index contributed by atoms with van der Waals surface area (Å²) in [4.78, 5) is 11.4. The summed E-state index contributed by atoms with van der Waals surface area (Å²) < 4.78 is 5.54. The lowest BCUT2D eigenvalue weighted by atomic mass is 10.0. The number of methoxy groups -OCH3 is 1. The van der Waals surface area contributed by atoms with E-state index < -0.39 is 0 Å². The van der Waals surface area contributed by atoms with Gasteiger partial charge in [0, 0.05) is 4.43 Å². The van der Waals surface area contributed by atoms with Crippen LogP contribution in [-0.2, 0) is 9.16 Å². The Morgan fingerprint density at radius 1 is 1.54 bits per heavy atom. The van der Waals surface area contributed by atoms with Crippen LogP contribution in [-0.4, -0.2) is 13.1 Å². The largest absolute Gasteiger partial charge is 0.465 e. The molecule has 0 heterocycles. The number of halogens is 1. The maximum Gasteiger partial charge on any atom is 0.338 e. The average molecular weight is 290 g/mol. The number of aryl methyl sites for hydroxylation is 1. The van der Waals surface area contributed by atoms with E-state index in [1.165, 1.54) is 7.11 Å². The molecule has 2 nitrogen and oxygen atoms in total. The number of rotatable bonds is 2. The van der Waals surface area contributed by atoms with E-state index in [4.69, 9.17) is 4.74 Å². The Morgan fingerprint density at radius 3 is 2.77 bits per heavy atom. The number of ether oxygens (including phenoxy) is 1. The topological polar surface area (TPSA) is 26.3 Å². The molecule has 0 unspecified atom stereocenters. The number of hydrogen-bond donors (Lipinski definition) is 0. The zero-order chi connectivity index (χ0) is 9.84. The van der Waals surface area contributed by atoms with Crippen LogP contribution in [0, 0.1) is 6.92 Å². The maximum absolute atomic E-state index is 11.4. The van der Waals surface area contributed by atoms with Gasteiger partial charge in [-0.05, 0) is 18.1 Å². The third-order valence-corrected chi connectivity index (χ3v) is 2.71. The fraction of sp³-hybridized carbons (Fsp3) is 0.300. The Kier molecular flexibility index (Phi) is 3.71. The van der Waals surface area contributed by atoms with Crippen LogP contribution in [0.3, 0.4) is 0 Å². The molecule has 1 rings (SSSR count). The van der Waals surface area contributed by atoms with Crippen molar-refractivity contribution in [2.24, 2.45) is 0 Å².